The smallest absolute Gasteiger partial charge is 0.229 e. The fourth-order valence-corrected chi connectivity index (χ4v) is 2.81. The van der Waals surface area contributed by atoms with Crippen LogP contribution in [0.5, 0.6) is 0 Å². The molecular formula is C15H17BrN4O. The number of halogens is 1. The SMILES string of the molecule is Cc1ccc(Nc2nccc(N3CCOCC3)n2)c(Br)c1. The minimum atomic E-state index is 0.601. The molecule has 1 fully saturated rings. The van der Waals surface area contributed by atoms with Gasteiger partial charge in [0.25, 0.3) is 0 Å². The summed E-state index contributed by atoms with van der Waals surface area (Å²) in [6, 6.07) is 8.07. The van der Waals surface area contributed by atoms with Crippen molar-refractivity contribution >= 4 is 33.4 Å². The standard InChI is InChI=1S/C15H17BrN4O/c1-11-2-3-13(12(16)10-11)18-15-17-5-4-14(19-15)20-6-8-21-9-7-20/h2-5,10H,6-9H2,1H3,(H,17,18,19). The van der Waals surface area contributed by atoms with E-state index in [0.717, 1.165) is 42.3 Å². The molecule has 0 saturated carbocycles. The van der Waals surface area contributed by atoms with Crippen LogP contribution in [-0.2, 0) is 4.74 Å². The molecular weight excluding hydrogens is 332 g/mol. The van der Waals surface area contributed by atoms with Crippen LogP contribution in [0, 0.1) is 6.92 Å². The first-order chi connectivity index (χ1) is 10.2. The molecule has 21 heavy (non-hydrogen) atoms. The van der Waals surface area contributed by atoms with Gasteiger partial charge in [0.1, 0.15) is 5.82 Å². The van der Waals surface area contributed by atoms with Gasteiger partial charge >= 0.3 is 0 Å². The van der Waals surface area contributed by atoms with Crippen LogP contribution in [0.3, 0.4) is 0 Å². The predicted molar refractivity (Wildman–Crippen MR) is 87.2 cm³/mol. The Kier molecular flexibility index (Phi) is 4.36. The van der Waals surface area contributed by atoms with Gasteiger partial charge in [-0.2, -0.15) is 4.98 Å². The van der Waals surface area contributed by atoms with Crippen molar-refractivity contribution in [3.05, 3.63) is 40.5 Å². The highest BCUT2D eigenvalue weighted by molar-refractivity contribution is 9.10. The Bertz CT molecular complexity index is 629. The lowest BCUT2D eigenvalue weighted by atomic mass is 10.2. The molecule has 0 unspecified atom stereocenters. The molecule has 0 spiro atoms. The molecule has 0 aliphatic carbocycles. The van der Waals surface area contributed by atoms with E-state index in [9.17, 15) is 0 Å². The summed E-state index contributed by atoms with van der Waals surface area (Å²) in [5.41, 5.74) is 2.16. The van der Waals surface area contributed by atoms with E-state index in [1.54, 1.807) is 6.20 Å². The van der Waals surface area contributed by atoms with Gasteiger partial charge in [-0.05, 0) is 46.6 Å². The van der Waals surface area contributed by atoms with Gasteiger partial charge in [0, 0.05) is 23.8 Å². The number of aryl methyl sites for hydroxylation is 1. The van der Waals surface area contributed by atoms with Gasteiger partial charge in [-0.3, -0.25) is 0 Å². The molecule has 0 atom stereocenters. The van der Waals surface area contributed by atoms with Crippen LogP contribution < -0.4 is 10.2 Å². The Morgan fingerprint density at radius 3 is 2.81 bits per heavy atom. The van der Waals surface area contributed by atoms with Crippen LogP contribution in [0.25, 0.3) is 0 Å². The predicted octanol–water partition coefficient (Wildman–Crippen LogP) is 3.13. The lowest BCUT2D eigenvalue weighted by molar-refractivity contribution is 0.122. The van der Waals surface area contributed by atoms with Crippen LogP contribution in [0.2, 0.25) is 0 Å². The Hall–Kier alpha value is -1.66. The Balaban J connectivity index is 1.79. The second-order valence-electron chi connectivity index (χ2n) is 4.95. The van der Waals surface area contributed by atoms with Crippen molar-refractivity contribution in [3.8, 4) is 0 Å². The van der Waals surface area contributed by atoms with Crippen LogP contribution in [0.4, 0.5) is 17.5 Å². The maximum atomic E-state index is 5.37. The molecule has 5 nitrogen and oxygen atoms in total. The summed E-state index contributed by atoms with van der Waals surface area (Å²) in [5, 5.41) is 3.25. The first-order valence-electron chi connectivity index (χ1n) is 6.91. The van der Waals surface area contributed by atoms with Gasteiger partial charge in [-0.25, -0.2) is 4.98 Å². The number of nitrogens with one attached hydrogen (secondary N) is 1. The van der Waals surface area contributed by atoms with Gasteiger partial charge in [-0.1, -0.05) is 6.07 Å². The number of nitrogens with zero attached hydrogens (tertiary/aromatic N) is 3. The molecule has 6 heteroatoms. The van der Waals surface area contributed by atoms with Crippen LogP contribution >= 0.6 is 15.9 Å². The lowest BCUT2D eigenvalue weighted by Crippen LogP contribution is -2.36. The molecule has 1 aliphatic rings. The van der Waals surface area contributed by atoms with Gasteiger partial charge in [0.15, 0.2) is 0 Å². The maximum absolute atomic E-state index is 5.37. The minimum Gasteiger partial charge on any atom is -0.378 e. The minimum absolute atomic E-state index is 0.601. The average Bonchev–Trinajstić information content (AvgIpc) is 2.51. The molecule has 0 bridgehead atoms. The highest BCUT2D eigenvalue weighted by Gasteiger charge is 2.13. The third kappa shape index (κ3) is 3.51. The van der Waals surface area contributed by atoms with E-state index >= 15 is 0 Å². The number of rotatable bonds is 3. The van der Waals surface area contributed by atoms with Crippen molar-refractivity contribution in [2.45, 2.75) is 6.92 Å². The molecule has 110 valence electrons. The molecule has 1 aromatic carbocycles. The molecule has 1 saturated heterocycles. The van der Waals surface area contributed by atoms with Crippen molar-refractivity contribution in [2.75, 3.05) is 36.5 Å². The zero-order valence-electron chi connectivity index (χ0n) is 11.8. The molecule has 1 aromatic heterocycles. The number of aromatic nitrogens is 2. The van der Waals surface area contributed by atoms with E-state index in [1.165, 1.54) is 5.56 Å². The molecule has 2 aromatic rings. The molecule has 1 aliphatic heterocycles. The van der Waals surface area contributed by atoms with E-state index in [4.69, 9.17) is 4.74 Å². The second kappa shape index (κ2) is 6.41. The zero-order chi connectivity index (χ0) is 14.7. The number of hydrogen-bond donors (Lipinski definition) is 1. The fraction of sp³-hybridized carbons (Fsp3) is 0.333. The highest BCUT2D eigenvalue weighted by atomic mass is 79.9. The third-order valence-electron chi connectivity index (χ3n) is 3.35. The van der Waals surface area contributed by atoms with E-state index in [0.29, 0.717) is 5.95 Å². The van der Waals surface area contributed by atoms with Gasteiger partial charge < -0.3 is 15.0 Å². The first kappa shape index (κ1) is 14.3. The second-order valence-corrected chi connectivity index (χ2v) is 5.80. The summed E-state index contributed by atoms with van der Waals surface area (Å²) in [7, 11) is 0. The summed E-state index contributed by atoms with van der Waals surface area (Å²) in [6.45, 7) is 5.28. The summed E-state index contributed by atoms with van der Waals surface area (Å²) in [6.07, 6.45) is 1.78. The number of ether oxygens (including phenoxy) is 1. The zero-order valence-corrected chi connectivity index (χ0v) is 13.4. The van der Waals surface area contributed by atoms with Gasteiger partial charge in [0.05, 0.1) is 18.9 Å². The van der Waals surface area contributed by atoms with Crippen molar-refractivity contribution in [1.82, 2.24) is 9.97 Å². The fourth-order valence-electron chi connectivity index (χ4n) is 2.22. The summed E-state index contributed by atoms with van der Waals surface area (Å²) in [5.74, 6) is 1.53. The normalized spacial score (nSPS) is 15.0. The molecule has 0 radical (unpaired) electrons. The van der Waals surface area contributed by atoms with Crippen molar-refractivity contribution in [2.24, 2.45) is 0 Å². The lowest BCUT2D eigenvalue weighted by Gasteiger charge is -2.27. The Labute approximate surface area is 132 Å². The first-order valence-corrected chi connectivity index (χ1v) is 7.70. The van der Waals surface area contributed by atoms with E-state index in [-0.39, 0.29) is 0 Å². The third-order valence-corrected chi connectivity index (χ3v) is 4.00. The van der Waals surface area contributed by atoms with E-state index in [1.807, 2.05) is 12.1 Å². The molecule has 2 heterocycles. The van der Waals surface area contributed by atoms with Gasteiger partial charge in [-0.15, -0.1) is 0 Å². The molecule has 0 amide bonds. The summed E-state index contributed by atoms with van der Waals surface area (Å²) >= 11 is 3.55. The number of morpholine rings is 1. The van der Waals surface area contributed by atoms with Crippen molar-refractivity contribution < 1.29 is 4.74 Å². The topological polar surface area (TPSA) is 50.3 Å². The van der Waals surface area contributed by atoms with Crippen LogP contribution in [-0.4, -0.2) is 36.3 Å². The largest absolute Gasteiger partial charge is 0.378 e. The number of benzene rings is 1. The summed E-state index contributed by atoms with van der Waals surface area (Å²) < 4.78 is 6.37. The van der Waals surface area contributed by atoms with Gasteiger partial charge in [0.2, 0.25) is 5.95 Å². The van der Waals surface area contributed by atoms with Crippen molar-refractivity contribution in [1.29, 1.82) is 0 Å². The highest BCUT2D eigenvalue weighted by Crippen LogP contribution is 2.26. The number of hydrogen-bond acceptors (Lipinski definition) is 5. The average molecular weight is 349 g/mol. The Morgan fingerprint density at radius 1 is 1.24 bits per heavy atom. The monoisotopic (exact) mass is 348 g/mol. The van der Waals surface area contributed by atoms with E-state index in [2.05, 4.69) is 55.2 Å². The molecule has 3 rings (SSSR count). The van der Waals surface area contributed by atoms with E-state index < -0.39 is 0 Å². The summed E-state index contributed by atoms with van der Waals surface area (Å²) in [4.78, 5) is 11.1. The van der Waals surface area contributed by atoms with Crippen molar-refractivity contribution in [3.63, 3.8) is 0 Å². The Morgan fingerprint density at radius 2 is 2.05 bits per heavy atom. The van der Waals surface area contributed by atoms with Crippen LogP contribution in [0.1, 0.15) is 5.56 Å². The van der Waals surface area contributed by atoms with Crippen LogP contribution in [0.15, 0.2) is 34.9 Å². The maximum Gasteiger partial charge on any atom is 0.229 e. The molecule has 1 N–H and O–H groups in total. The number of anilines is 3. The quantitative estimate of drug-likeness (QED) is 0.923.